The summed E-state index contributed by atoms with van der Waals surface area (Å²) in [5.41, 5.74) is -0.333. The number of hydrogen-bond donors (Lipinski definition) is 1. The van der Waals surface area contributed by atoms with Crippen molar-refractivity contribution in [2.45, 2.75) is 24.9 Å². The largest absolute Gasteiger partial charge is 0.341 e. The zero-order valence-electron chi connectivity index (χ0n) is 18.6. The maximum Gasteiger partial charge on any atom is 0.317 e. The number of carbonyl (C=O) groups is 3. The monoisotopic (exact) mass is 468 g/mol. The summed E-state index contributed by atoms with van der Waals surface area (Å²) in [7, 11) is 1.47. The number of piperazine rings is 1. The Labute approximate surface area is 194 Å². The Bertz CT molecular complexity index is 1170. The molecule has 4 amide bonds. The SMILES string of the molecule is CNC(=O)N1CC2(C1)C(=O)N(c1ccc(C#N)nc1)CC(=O)N2Cc1ccc(C(C)(F)F)cc1. The molecule has 2 fully saturated rings. The summed E-state index contributed by atoms with van der Waals surface area (Å²) in [6.45, 7) is 0.559. The van der Waals surface area contributed by atoms with E-state index in [-0.39, 0.29) is 55.3 Å². The summed E-state index contributed by atoms with van der Waals surface area (Å²) in [5.74, 6) is -3.73. The zero-order chi connectivity index (χ0) is 24.7. The van der Waals surface area contributed by atoms with Gasteiger partial charge in [-0.2, -0.15) is 5.26 Å². The summed E-state index contributed by atoms with van der Waals surface area (Å²) in [5, 5.41) is 11.5. The van der Waals surface area contributed by atoms with Crippen molar-refractivity contribution in [1.82, 2.24) is 20.1 Å². The number of nitriles is 1. The van der Waals surface area contributed by atoms with Gasteiger partial charge >= 0.3 is 6.03 Å². The van der Waals surface area contributed by atoms with Crippen LogP contribution in [-0.2, 0) is 22.1 Å². The number of carbonyl (C=O) groups excluding carboxylic acids is 3. The fourth-order valence-electron chi connectivity index (χ4n) is 4.24. The Morgan fingerprint density at radius 3 is 2.41 bits per heavy atom. The standard InChI is InChI=1S/C23H22F2N6O3/c1-22(24,25)16-5-3-15(4-6-16)11-31-19(32)12-30(18-8-7-17(9-26)28-10-18)20(33)23(31)13-29(14-23)21(34)27-2/h3-8,10H,11-14H2,1-2H3,(H,27,34). The quantitative estimate of drug-likeness (QED) is 0.736. The van der Waals surface area contributed by atoms with Crippen LogP contribution in [0.5, 0.6) is 0 Å². The molecular weight excluding hydrogens is 446 g/mol. The van der Waals surface area contributed by atoms with E-state index in [0.29, 0.717) is 11.3 Å². The van der Waals surface area contributed by atoms with Crippen LogP contribution in [0.15, 0.2) is 42.6 Å². The van der Waals surface area contributed by atoms with Crippen molar-refractivity contribution in [1.29, 1.82) is 5.26 Å². The molecule has 0 unspecified atom stereocenters. The Kier molecular flexibility index (Phi) is 5.69. The smallest absolute Gasteiger partial charge is 0.317 e. The van der Waals surface area contributed by atoms with E-state index in [1.54, 1.807) is 6.07 Å². The normalized spacial score (nSPS) is 17.4. The number of pyridine rings is 1. The highest BCUT2D eigenvalue weighted by molar-refractivity contribution is 6.10. The Hall–Kier alpha value is -4.07. The Morgan fingerprint density at radius 1 is 1.21 bits per heavy atom. The van der Waals surface area contributed by atoms with Crippen molar-refractivity contribution >= 4 is 23.5 Å². The second-order valence-corrected chi connectivity index (χ2v) is 8.41. The molecule has 2 aliphatic rings. The first kappa shape index (κ1) is 23.1. The molecule has 4 rings (SSSR count). The number of aromatic nitrogens is 1. The van der Waals surface area contributed by atoms with Crippen molar-refractivity contribution < 1.29 is 23.2 Å². The minimum Gasteiger partial charge on any atom is -0.341 e. The van der Waals surface area contributed by atoms with Gasteiger partial charge in [0.2, 0.25) is 5.91 Å². The first-order chi connectivity index (χ1) is 16.1. The molecule has 1 spiro atoms. The van der Waals surface area contributed by atoms with Gasteiger partial charge in [0.15, 0.2) is 5.54 Å². The number of amides is 4. The van der Waals surface area contributed by atoms with Crippen molar-refractivity contribution in [3.05, 3.63) is 59.4 Å². The number of benzene rings is 1. The fraction of sp³-hybridized carbons (Fsp3) is 0.348. The summed E-state index contributed by atoms with van der Waals surface area (Å²) in [6.07, 6.45) is 1.35. The third-order valence-corrected chi connectivity index (χ3v) is 6.14. The van der Waals surface area contributed by atoms with Crippen LogP contribution in [0, 0.1) is 11.3 Å². The van der Waals surface area contributed by atoms with Crippen LogP contribution in [0.1, 0.15) is 23.7 Å². The van der Waals surface area contributed by atoms with Gasteiger partial charge in [0.25, 0.3) is 11.8 Å². The highest BCUT2D eigenvalue weighted by Crippen LogP contribution is 2.37. The molecule has 34 heavy (non-hydrogen) atoms. The summed E-state index contributed by atoms with van der Waals surface area (Å²) >= 11 is 0. The highest BCUT2D eigenvalue weighted by atomic mass is 19.3. The zero-order valence-corrected chi connectivity index (χ0v) is 18.6. The van der Waals surface area contributed by atoms with E-state index in [4.69, 9.17) is 5.26 Å². The van der Waals surface area contributed by atoms with E-state index >= 15 is 0 Å². The minimum absolute atomic E-state index is 0.0113. The number of urea groups is 1. The lowest BCUT2D eigenvalue weighted by Crippen LogP contribution is -2.81. The van der Waals surface area contributed by atoms with E-state index in [1.165, 1.54) is 58.3 Å². The van der Waals surface area contributed by atoms with Crippen LogP contribution in [0.3, 0.4) is 0 Å². The van der Waals surface area contributed by atoms with Gasteiger partial charge in [0, 0.05) is 26.1 Å². The van der Waals surface area contributed by atoms with Crippen LogP contribution >= 0.6 is 0 Å². The number of halogens is 2. The molecule has 2 aliphatic heterocycles. The van der Waals surface area contributed by atoms with Gasteiger partial charge in [-0.1, -0.05) is 24.3 Å². The van der Waals surface area contributed by atoms with Gasteiger partial charge in [0.05, 0.1) is 25.0 Å². The molecule has 176 valence electrons. The van der Waals surface area contributed by atoms with E-state index in [9.17, 15) is 23.2 Å². The number of hydrogen-bond acceptors (Lipinski definition) is 5. The molecule has 2 saturated heterocycles. The third kappa shape index (κ3) is 3.91. The summed E-state index contributed by atoms with van der Waals surface area (Å²) in [4.78, 5) is 47.1. The van der Waals surface area contributed by atoms with Crippen molar-refractivity contribution in [2.24, 2.45) is 0 Å². The second kappa shape index (κ2) is 8.37. The van der Waals surface area contributed by atoms with Crippen LogP contribution in [0.25, 0.3) is 0 Å². The number of nitrogens with one attached hydrogen (secondary N) is 1. The lowest BCUT2D eigenvalue weighted by molar-refractivity contribution is -0.161. The molecule has 0 atom stereocenters. The van der Waals surface area contributed by atoms with Crippen LogP contribution in [-0.4, -0.2) is 64.9 Å². The molecule has 0 aliphatic carbocycles. The van der Waals surface area contributed by atoms with Crippen LogP contribution < -0.4 is 10.2 Å². The molecule has 2 aromatic rings. The van der Waals surface area contributed by atoms with Crippen LogP contribution in [0.4, 0.5) is 19.3 Å². The number of nitrogens with zero attached hydrogens (tertiary/aromatic N) is 5. The number of likely N-dealkylation sites (tertiary alicyclic amines) is 1. The van der Waals surface area contributed by atoms with Gasteiger partial charge in [-0.05, 0) is 17.7 Å². The van der Waals surface area contributed by atoms with Crippen molar-refractivity contribution in [3.63, 3.8) is 0 Å². The van der Waals surface area contributed by atoms with Gasteiger partial charge in [0.1, 0.15) is 18.3 Å². The Balaban J connectivity index is 1.64. The van der Waals surface area contributed by atoms with Crippen molar-refractivity contribution in [3.8, 4) is 6.07 Å². The average Bonchev–Trinajstić information content (AvgIpc) is 2.79. The second-order valence-electron chi connectivity index (χ2n) is 8.41. The molecule has 11 heteroatoms. The highest BCUT2D eigenvalue weighted by Gasteiger charge is 2.60. The molecule has 1 N–H and O–H groups in total. The molecule has 1 aromatic heterocycles. The summed E-state index contributed by atoms with van der Waals surface area (Å²) < 4.78 is 27.1. The van der Waals surface area contributed by atoms with E-state index in [1.807, 2.05) is 6.07 Å². The predicted molar refractivity (Wildman–Crippen MR) is 117 cm³/mol. The average molecular weight is 468 g/mol. The van der Waals surface area contributed by atoms with E-state index in [0.717, 1.165) is 6.92 Å². The molecule has 3 heterocycles. The predicted octanol–water partition coefficient (Wildman–Crippen LogP) is 1.83. The van der Waals surface area contributed by atoms with E-state index < -0.39 is 11.5 Å². The molecule has 0 radical (unpaired) electrons. The molecule has 0 bridgehead atoms. The van der Waals surface area contributed by atoms with Gasteiger partial charge in [-0.25, -0.2) is 18.6 Å². The van der Waals surface area contributed by atoms with Gasteiger partial charge in [-0.3, -0.25) is 14.5 Å². The van der Waals surface area contributed by atoms with Gasteiger partial charge in [-0.15, -0.1) is 0 Å². The first-order valence-electron chi connectivity index (χ1n) is 10.5. The number of alkyl halides is 2. The molecule has 0 saturated carbocycles. The van der Waals surface area contributed by atoms with Crippen LogP contribution in [0.2, 0.25) is 0 Å². The molecule has 9 nitrogen and oxygen atoms in total. The van der Waals surface area contributed by atoms with E-state index in [2.05, 4.69) is 10.3 Å². The fourth-order valence-corrected chi connectivity index (χ4v) is 4.24. The lowest BCUT2D eigenvalue weighted by Gasteiger charge is -2.57. The summed E-state index contributed by atoms with van der Waals surface area (Å²) in [6, 6.07) is 10.1. The Morgan fingerprint density at radius 2 is 1.88 bits per heavy atom. The maximum absolute atomic E-state index is 13.7. The molecule has 1 aromatic carbocycles. The first-order valence-corrected chi connectivity index (χ1v) is 10.5. The van der Waals surface area contributed by atoms with Gasteiger partial charge < -0.3 is 15.1 Å². The number of anilines is 1. The van der Waals surface area contributed by atoms with Crippen molar-refractivity contribution in [2.75, 3.05) is 31.6 Å². The maximum atomic E-state index is 13.7. The molecular formula is C23H22F2N6O3. The topological polar surface area (TPSA) is 110 Å². The number of rotatable bonds is 4. The lowest BCUT2D eigenvalue weighted by atomic mass is 9.83. The minimum atomic E-state index is -2.99. The third-order valence-electron chi connectivity index (χ3n) is 6.14.